The Morgan fingerprint density at radius 2 is 1.76 bits per heavy atom. The SMILES string of the molecule is Nc1cc(N2CCCCC2)nc(=O)n1-c1ccc(Cl)cc1. The van der Waals surface area contributed by atoms with E-state index in [2.05, 4.69) is 9.88 Å². The van der Waals surface area contributed by atoms with Crippen LogP contribution < -0.4 is 16.3 Å². The first-order valence-corrected chi connectivity index (χ1v) is 7.43. The zero-order valence-electron chi connectivity index (χ0n) is 11.6. The zero-order chi connectivity index (χ0) is 14.8. The summed E-state index contributed by atoms with van der Waals surface area (Å²) in [6.07, 6.45) is 3.48. The van der Waals surface area contributed by atoms with Gasteiger partial charge in [-0.1, -0.05) is 11.6 Å². The highest BCUT2D eigenvalue weighted by Crippen LogP contribution is 2.20. The molecule has 0 radical (unpaired) electrons. The Morgan fingerprint density at radius 1 is 1.10 bits per heavy atom. The van der Waals surface area contributed by atoms with Crippen molar-refractivity contribution in [1.29, 1.82) is 0 Å². The van der Waals surface area contributed by atoms with Crippen LogP contribution in [0.3, 0.4) is 0 Å². The van der Waals surface area contributed by atoms with Crippen molar-refractivity contribution in [1.82, 2.24) is 9.55 Å². The van der Waals surface area contributed by atoms with Gasteiger partial charge in [0.1, 0.15) is 11.6 Å². The van der Waals surface area contributed by atoms with Crippen LogP contribution in [0.5, 0.6) is 0 Å². The van der Waals surface area contributed by atoms with E-state index >= 15 is 0 Å². The predicted octanol–water partition coefficient (Wildman–Crippen LogP) is 2.46. The third kappa shape index (κ3) is 2.88. The van der Waals surface area contributed by atoms with Crippen LogP contribution in [0.1, 0.15) is 19.3 Å². The number of hydrogen-bond donors (Lipinski definition) is 1. The second-order valence-corrected chi connectivity index (χ2v) is 5.62. The van der Waals surface area contributed by atoms with Gasteiger partial charge in [-0.2, -0.15) is 4.98 Å². The van der Waals surface area contributed by atoms with E-state index < -0.39 is 0 Å². The van der Waals surface area contributed by atoms with Crippen molar-refractivity contribution in [3.05, 3.63) is 45.8 Å². The van der Waals surface area contributed by atoms with Crippen LogP contribution >= 0.6 is 11.6 Å². The molecule has 5 nitrogen and oxygen atoms in total. The maximum Gasteiger partial charge on any atom is 0.355 e. The lowest BCUT2D eigenvalue weighted by Crippen LogP contribution is -2.33. The molecule has 0 aliphatic carbocycles. The Hall–Kier alpha value is -2.01. The largest absolute Gasteiger partial charge is 0.385 e. The van der Waals surface area contributed by atoms with Crippen LogP contribution in [0.4, 0.5) is 11.6 Å². The molecule has 1 saturated heterocycles. The van der Waals surface area contributed by atoms with Crippen LogP contribution in [-0.2, 0) is 0 Å². The molecule has 1 aliphatic heterocycles. The molecule has 1 fully saturated rings. The smallest absolute Gasteiger partial charge is 0.355 e. The Labute approximate surface area is 128 Å². The molecule has 0 unspecified atom stereocenters. The minimum Gasteiger partial charge on any atom is -0.385 e. The molecule has 0 saturated carbocycles. The molecule has 1 aromatic heterocycles. The normalized spacial score (nSPS) is 15.2. The minimum atomic E-state index is -0.363. The number of piperidine rings is 1. The first-order valence-electron chi connectivity index (χ1n) is 7.05. The van der Waals surface area contributed by atoms with Crippen molar-refractivity contribution in [2.24, 2.45) is 0 Å². The summed E-state index contributed by atoms with van der Waals surface area (Å²) >= 11 is 5.86. The van der Waals surface area contributed by atoms with Gasteiger partial charge in [0.2, 0.25) is 0 Å². The standard InChI is InChI=1S/C15H17ClN4O/c16-11-4-6-12(7-5-11)20-13(17)10-14(18-15(20)21)19-8-2-1-3-9-19/h4-7,10H,1-3,8-9,17H2. The fourth-order valence-electron chi connectivity index (χ4n) is 2.62. The highest BCUT2D eigenvalue weighted by atomic mass is 35.5. The number of nitrogens with two attached hydrogens (primary N) is 1. The van der Waals surface area contributed by atoms with Gasteiger partial charge in [0.05, 0.1) is 5.69 Å². The number of anilines is 2. The van der Waals surface area contributed by atoms with Crippen molar-refractivity contribution >= 4 is 23.2 Å². The minimum absolute atomic E-state index is 0.363. The summed E-state index contributed by atoms with van der Waals surface area (Å²) in [7, 11) is 0. The molecule has 0 amide bonds. The monoisotopic (exact) mass is 304 g/mol. The molecule has 0 bridgehead atoms. The Bertz CT molecular complexity index is 690. The van der Waals surface area contributed by atoms with Crippen molar-refractivity contribution in [2.45, 2.75) is 19.3 Å². The van der Waals surface area contributed by atoms with Crippen LogP contribution in [0, 0.1) is 0 Å². The number of aromatic nitrogens is 2. The third-order valence-corrected chi connectivity index (χ3v) is 3.95. The van der Waals surface area contributed by atoms with Gasteiger partial charge in [-0.05, 0) is 43.5 Å². The lowest BCUT2D eigenvalue weighted by Gasteiger charge is -2.27. The van der Waals surface area contributed by atoms with Crippen molar-refractivity contribution in [2.75, 3.05) is 23.7 Å². The third-order valence-electron chi connectivity index (χ3n) is 3.70. The fraction of sp³-hybridized carbons (Fsp3) is 0.333. The van der Waals surface area contributed by atoms with E-state index in [0.717, 1.165) is 25.9 Å². The molecule has 3 rings (SSSR count). The summed E-state index contributed by atoms with van der Waals surface area (Å²) in [5.74, 6) is 1.06. The van der Waals surface area contributed by atoms with Gasteiger partial charge in [-0.15, -0.1) is 0 Å². The van der Waals surface area contributed by atoms with Crippen LogP contribution in [0.15, 0.2) is 35.1 Å². The lowest BCUT2D eigenvalue weighted by atomic mass is 10.1. The second kappa shape index (κ2) is 5.77. The van der Waals surface area contributed by atoms with Crippen LogP contribution in [-0.4, -0.2) is 22.6 Å². The average Bonchev–Trinajstić information content (AvgIpc) is 2.49. The number of rotatable bonds is 2. The average molecular weight is 305 g/mol. The number of hydrogen-bond acceptors (Lipinski definition) is 4. The molecule has 0 atom stereocenters. The maximum absolute atomic E-state index is 12.3. The predicted molar refractivity (Wildman–Crippen MR) is 85.3 cm³/mol. The first-order chi connectivity index (χ1) is 10.1. The van der Waals surface area contributed by atoms with E-state index in [1.165, 1.54) is 11.0 Å². The second-order valence-electron chi connectivity index (χ2n) is 5.18. The van der Waals surface area contributed by atoms with Gasteiger partial charge in [0.15, 0.2) is 0 Å². The lowest BCUT2D eigenvalue weighted by molar-refractivity contribution is 0.572. The van der Waals surface area contributed by atoms with Gasteiger partial charge in [0, 0.05) is 24.2 Å². The van der Waals surface area contributed by atoms with Crippen LogP contribution in [0.2, 0.25) is 5.02 Å². The number of nitrogen functional groups attached to an aromatic ring is 1. The molecule has 21 heavy (non-hydrogen) atoms. The molecule has 1 aromatic carbocycles. The zero-order valence-corrected chi connectivity index (χ0v) is 12.4. The Kier molecular flexibility index (Phi) is 3.84. The molecule has 110 valence electrons. The molecule has 6 heteroatoms. The Morgan fingerprint density at radius 3 is 2.38 bits per heavy atom. The van der Waals surface area contributed by atoms with Gasteiger partial charge in [-0.3, -0.25) is 0 Å². The van der Waals surface area contributed by atoms with E-state index in [4.69, 9.17) is 17.3 Å². The summed E-state index contributed by atoms with van der Waals surface area (Å²) in [6, 6.07) is 8.72. The molecular formula is C15H17ClN4O. The van der Waals surface area contributed by atoms with E-state index in [0.29, 0.717) is 22.3 Å². The highest BCUT2D eigenvalue weighted by molar-refractivity contribution is 6.30. The van der Waals surface area contributed by atoms with Crippen molar-refractivity contribution in [3.8, 4) is 5.69 Å². The van der Waals surface area contributed by atoms with E-state index in [9.17, 15) is 4.79 Å². The van der Waals surface area contributed by atoms with E-state index in [1.807, 2.05) is 0 Å². The first kappa shape index (κ1) is 13.9. The molecule has 1 aliphatic rings. The number of nitrogens with zero attached hydrogens (tertiary/aromatic N) is 3. The Balaban J connectivity index is 2.00. The molecular weight excluding hydrogens is 288 g/mol. The molecule has 2 aromatic rings. The summed E-state index contributed by atoms with van der Waals surface area (Å²) in [4.78, 5) is 18.6. The summed E-state index contributed by atoms with van der Waals surface area (Å²) in [6.45, 7) is 1.85. The number of benzene rings is 1. The topological polar surface area (TPSA) is 64.2 Å². The van der Waals surface area contributed by atoms with Crippen LogP contribution in [0.25, 0.3) is 5.69 Å². The fourth-order valence-corrected chi connectivity index (χ4v) is 2.75. The number of halogens is 1. The molecule has 2 N–H and O–H groups in total. The molecule has 2 heterocycles. The van der Waals surface area contributed by atoms with E-state index in [1.54, 1.807) is 30.3 Å². The van der Waals surface area contributed by atoms with Crippen molar-refractivity contribution in [3.63, 3.8) is 0 Å². The van der Waals surface area contributed by atoms with Gasteiger partial charge in [0.25, 0.3) is 0 Å². The molecule has 0 spiro atoms. The summed E-state index contributed by atoms with van der Waals surface area (Å²) in [5.41, 5.74) is 6.37. The van der Waals surface area contributed by atoms with Gasteiger partial charge < -0.3 is 10.6 Å². The van der Waals surface area contributed by atoms with Gasteiger partial charge in [-0.25, -0.2) is 9.36 Å². The quantitative estimate of drug-likeness (QED) is 0.925. The summed E-state index contributed by atoms with van der Waals surface area (Å²) < 4.78 is 1.39. The van der Waals surface area contributed by atoms with Gasteiger partial charge >= 0.3 is 5.69 Å². The summed E-state index contributed by atoms with van der Waals surface area (Å²) in [5, 5.41) is 0.614. The van der Waals surface area contributed by atoms with Crippen molar-refractivity contribution < 1.29 is 0 Å². The maximum atomic E-state index is 12.3. The van der Waals surface area contributed by atoms with E-state index in [-0.39, 0.29) is 5.69 Å². The highest BCUT2D eigenvalue weighted by Gasteiger charge is 2.15.